The van der Waals surface area contributed by atoms with E-state index in [2.05, 4.69) is 4.98 Å². The van der Waals surface area contributed by atoms with E-state index >= 15 is 0 Å². The summed E-state index contributed by atoms with van der Waals surface area (Å²) in [6.07, 6.45) is 0. The van der Waals surface area contributed by atoms with Gasteiger partial charge in [0.15, 0.2) is 5.69 Å². The third kappa shape index (κ3) is 6.20. The van der Waals surface area contributed by atoms with Gasteiger partial charge in [-0.3, -0.25) is 19.1 Å². The molecule has 1 unspecified atom stereocenters. The Balaban J connectivity index is 2.33. The van der Waals surface area contributed by atoms with E-state index in [1.165, 1.54) is 34.4 Å². The molecule has 1 atom stereocenters. The minimum absolute atomic E-state index is 0.0125. The SMILES string of the molecule is COCCN(C(=O)CSC(C)c1ccccc1F)c1c(N)n(CC(C)C)c(=O)[nH]c1=O. The van der Waals surface area contributed by atoms with Crippen LogP contribution in [0.3, 0.4) is 0 Å². The summed E-state index contributed by atoms with van der Waals surface area (Å²) in [6, 6.07) is 6.39. The highest BCUT2D eigenvalue weighted by molar-refractivity contribution is 8.00. The average Bonchev–Trinajstić information content (AvgIpc) is 2.71. The molecular weight excluding hydrogens is 423 g/mol. The Morgan fingerprint density at radius 3 is 2.58 bits per heavy atom. The molecule has 0 fully saturated rings. The maximum atomic E-state index is 14.0. The van der Waals surface area contributed by atoms with Crippen LogP contribution in [0.5, 0.6) is 0 Å². The van der Waals surface area contributed by atoms with Gasteiger partial charge in [0.2, 0.25) is 5.91 Å². The number of nitrogens with zero attached hydrogens (tertiary/aromatic N) is 2. The van der Waals surface area contributed by atoms with Crippen molar-refractivity contribution in [1.82, 2.24) is 9.55 Å². The number of H-pyrrole nitrogens is 1. The molecule has 0 saturated carbocycles. The van der Waals surface area contributed by atoms with Gasteiger partial charge in [-0.1, -0.05) is 32.0 Å². The summed E-state index contributed by atoms with van der Waals surface area (Å²) < 4.78 is 20.4. The second-order valence-electron chi connectivity index (χ2n) is 7.51. The van der Waals surface area contributed by atoms with E-state index in [-0.39, 0.29) is 47.4 Å². The number of ether oxygens (including phenoxy) is 1. The van der Waals surface area contributed by atoms with Crippen LogP contribution in [0.1, 0.15) is 31.6 Å². The Bertz CT molecular complexity index is 1020. The Morgan fingerprint density at radius 1 is 1.29 bits per heavy atom. The molecule has 170 valence electrons. The molecule has 3 N–H and O–H groups in total. The lowest BCUT2D eigenvalue weighted by Crippen LogP contribution is -2.43. The summed E-state index contributed by atoms with van der Waals surface area (Å²) in [5.74, 6) is -0.718. The van der Waals surface area contributed by atoms with E-state index in [1.807, 2.05) is 13.8 Å². The van der Waals surface area contributed by atoms with Crippen LogP contribution in [-0.2, 0) is 16.1 Å². The lowest BCUT2D eigenvalue weighted by Gasteiger charge is -2.25. The molecule has 0 bridgehead atoms. The van der Waals surface area contributed by atoms with Crippen molar-refractivity contribution >= 4 is 29.2 Å². The lowest BCUT2D eigenvalue weighted by atomic mass is 10.1. The van der Waals surface area contributed by atoms with E-state index < -0.39 is 17.2 Å². The van der Waals surface area contributed by atoms with E-state index in [4.69, 9.17) is 10.5 Å². The van der Waals surface area contributed by atoms with Crippen LogP contribution in [-0.4, -0.2) is 41.5 Å². The zero-order chi connectivity index (χ0) is 23.1. The second-order valence-corrected chi connectivity index (χ2v) is 8.84. The van der Waals surface area contributed by atoms with Gasteiger partial charge in [0, 0.05) is 31.0 Å². The molecule has 2 aromatic rings. The molecule has 2 rings (SSSR count). The Morgan fingerprint density at radius 2 is 1.97 bits per heavy atom. The lowest BCUT2D eigenvalue weighted by molar-refractivity contribution is -0.116. The number of amides is 1. The first kappa shape index (κ1) is 24.7. The smallest absolute Gasteiger partial charge is 0.330 e. The predicted molar refractivity (Wildman–Crippen MR) is 122 cm³/mol. The third-order valence-electron chi connectivity index (χ3n) is 4.65. The molecule has 1 aromatic carbocycles. The molecule has 8 nitrogen and oxygen atoms in total. The molecule has 0 spiro atoms. The van der Waals surface area contributed by atoms with Crippen LogP contribution in [0.25, 0.3) is 0 Å². The number of carbonyl (C=O) groups is 1. The highest BCUT2D eigenvalue weighted by Gasteiger charge is 2.25. The first-order chi connectivity index (χ1) is 14.7. The number of halogens is 1. The van der Waals surface area contributed by atoms with Crippen LogP contribution < -0.4 is 21.9 Å². The van der Waals surface area contributed by atoms with Crippen molar-refractivity contribution in [2.75, 3.05) is 36.6 Å². The van der Waals surface area contributed by atoms with Crippen molar-refractivity contribution in [2.45, 2.75) is 32.6 Å². The maximum Gasteiger partial charge on any atom is 0.330 e. The van der Waals surface area contributed by atoms with Crippen LogP contribution in [0.4, 0.5) is 15.9 Å². The van der Waals surface area contributed by atoms with Gasteiger partial charge in [0.25, 0.3) is 5.56 Å². The van der Waals surface area contributed by atoms with Crippen molar-refractivity contribution in [3.8, 4) is 0 Å². The Kier molecular flexibility index (Phi) is 8.88. The molecule has 1 amide bonds. The van der Waals surface area contributed by atoms with E-state index in [9.17, 15) is 18.8 Å². The first-order valence-electron chi connectivity index (χ1n) is 9.95. The molecule has 0 saturated heterocycles. The molecule has 10 heteroatoms. The average molecular weight is 453 g/mol. The standard InChI is InChI=1S/C21H29FN4O4S/c1-13(2)11-26-19(23)18(20(28)24-21(26)29)25(9-10-30-4)17(27)12-31-14(3)15-7-5-6-8-16(15)22/h5-8,13-14H,9-12,23H2,1-4H3,(H,24,28,29). The number of aromatic nitrogens is 2. The topological polar surface area (TPSA) is 110 Å². The zero-order valence-corrected chi connectivity index (χ0v) is 19.0. The summed E-state index contributed by atoms with van der Waals surface area (Å²) in [4.78, 5) is 41.3. The number of carbonyl (C=O) groups excluding carboxylic acids is 1. The second kappa shape index (κ2) is 11.1. The molecule has 31 heavy (non-hydrogen) atoms. The molecular formula is C21H29FN4O4S. The number of hydrogen-bond acceptors (Lipinski definition) is 6. The Labute approximate surface area is 184 Å². The first-order valence-corrected chi connectivity index (χ1v) is 11.0. The molecule has 0 radical (unpaired) electrons. The number of hydrogen-bond donors (Lipinski definition) is 2. The van der Waals surface area contributed by atoms with Crippen LogP contribution in [0.2, 0.25) is 0 Å². The van der Waals surface area contributed by atoms with E-state index in [1.54, 1.807) is 25.1 Å². The number of rotatable bonds is 10. The predicted octanol–water partition coefficient (Wildman–Crippen LogP) is 2.39. The number of nitrogen functional groups attached to an aromatic ring is 1. The molecule has 0 aliphatic rings. The summed E-state index contributed by atoms with van der Waals surface area (Å²) in [5.41, 5.74) is 5.21. The number of anilines is 2. The highest BCUT2D eigenvalue weighted by Crippen LogP contribution is 2.30. The Hall–Kier alpha value is -2.59. The van der Waals surface area contributed by atoms with Gasteiger partial charge in [-0.05, 0) is 18.9 Å². The fourth-order valence-electron chi connectivity index (χ4n) is 3.10. The summed E-state index contributed by atoms with van der Waals surface area (Å²) in [5, 5.41) is -0.278. The van der Waals surface area contributed by atoms with Crippen LogP contribution >= 0.6 is 11.8 Å². The molecule has 0 aliphatic carbocycles. The minimum Gasteiger partial charge on any atom is -0.383 e. The summed E-state index contributed by atoms with van der Waals surface area (Å²) >= 11 is 1.24. The highest BCUT2D eigenvalue weighted by atomic mass is 32.2. The van der Waals surface area contributed by atoms with Crippen molar-refractivity contribution in [1.29, 1.82) is 0 Å². The van der Waals surface area contributed by atoms with Crippen molar-refractivity contribution < 1.29 is 13.9 Å². The van der Waals surface area contributed by atoms with E-state index in [0.29, 0.717) is 12.1 Å². The van der Waals surface area contributed by atoms with E-state index in [0.717, 1.165) is 0 Å². The number of thioether (sulfide) groups is 1. The third-order valence-corrected chi connectivity index (χ3v) is 5.82. The van der Waals surface area contributed by atoms with Gasteiger partial charge in [0.05, 0.1) is 12.4 Å². The van der Waals surface area contributed by atoms with Crippen molar-refractivity contribution in [2.24, 2.45) is 5.92 Å². The van der Waals surface area contributed by atoms with Gasteiger partial charge in [0.1, 0.15) is 11.6 Å². The minimum atomic E-state index is -0.737. The van der Waals surface area contributed by atoms with Gasteiger partial charge >= 0.3 is 5.69 Å². The fourth-order valence-corrected chi connectivity index (χ4v) is 4.02. The number of benzene rings is 1. The molecule has 1 heterocycles. The summed E-state index contributed by atoms with van der Waals surface area (Å²) in [7, 11) is 1.48. The maximum absolute atomic E-state index is 14.0. The molecule has 1 aromatic heterocycles. The summed E-state index contributed by atoms with van der Waals surface area (Å²) in [6.45, 7) is 6.16. The van der Waals surface area contributed by atoms with Gasteiger partial charge < -0.3 is 15.4 Å². The van der Waals surface area contributed by atoms with Gasteiger partial charge in [-0.15, -0.1) is 11.8 Å². The van der Waals surface area contributed by atoms with Crippen LogP contribution in [0, 0.1) is 11.7 Å². The number of aromatic amines is 1. The van der Waals surface area contributed by atoms with Gasteiger partial charge in [-0.2, -0.15) is 0 Å². The monoisotopic (exact) mass is 452 g/mol. The fraction of sp³-hybridized carbons (Fsp3) is 0.476. The quantitative estimate of drug-likeness (QED) is 0.573. The largest absolute Gasteiger partial charge is 0.383 e. The van der Waals surface area contributed by atoms with Gasteiger partial charge in [-0.25, -0.2) is 9.18 Å². The van der Waals surface area contributed by atoms with Crippen molar-refractivity contribution in [3.63, 3.8) is 0 Å². The molecule has 0 aliphatic heterocycles. The number of nitrogens with two attached hydrogens (primary N) is 1. The van der Waals surface area contributed by atoms with Crippen molar-refractivity contribution in [3.05, 3.63) is 56.5 Å². The zero-order valence-electron chi connectivity index (χ0n) is 18.2. The number of nitrogens with one attached hydrogen (secondary N) is 1. The normalized spacial score (nSPS) is 12.2. The van der Waals surface area contributed by atoms with Crippen LogP contribution in [0.15, 0.2) is 33.9 Å². The number of methoxy groups -OCH3 is 1.